The van der Waals surface area contributed by atoms with Gasteiger partial charge in [-0.3, -0.25) is 0 Å². The number of hydrogen-bond donors (Lipinski definition) is 1. The van der Waals surface area contributed by atoms with Gasteiger partial charge in [-0.25, -0.2) is 0 Å². The zero-order valence-corrected chi connectivity index (χ0v) is 13.3. The topological polar surface area (TPSA) is 12.0 Å². The summed E-state index contributed by atoms with van der Waals surface area (Å²) in [5.41, 5.74) is 2.78. The van der Waals surface area contributed by atoms with Gasteiger partial charge in [0.1, 0.15) is 0 Å². The Morgan fingerprint density at radius 2 is 1.75 bits per heavy atom. The first-order chi connectivity index (χ1) is 9.74. The molecule has 1 heteroatoms. The summed E-state index contributed by atoms with van der Waals surface area (Å²) >= 11 is 0. The van der Waals surface area contributed by atoms with Crippen molar-refractivity contribution in [3.8, 4) is 0 Å². The first-order valence-electron chi connectivity index (χ1n) is 8.57. The van der Waals surface area contributed by atoms with Crippen LogP contribution in [0.2, 0.25) is 0 Å². The highest BCUT2D eigenvalue weighted by Crippen LogP contribution is 2.27. The first kappa shape index (κ1) is 15.4. The number of nitrogens with one attached hydrogen (secondary N) is 1. The van der Waals surface area contributed by atoms with Gasteiger partial charge < -0.3 is 5.32 Å². The van der Waals surface area contributed by atoms with E-state index in [9.17, 15) is 0 Å². The van der Waals surface area contributed by atoms with Crippen LogP contribution < -0.4 is 5.32 Å². The Morgan fingerprint density at radius 3 is 2.40 bits per heavy atom. The minimum absolute atomic E-state index is 0.775. The monoisotopic (exact) mass is 273 g/mol. The van der Waals surface area contributed by atoms with Gasteiger partial charge in [-0.05, 0) is 48.8 Å². The molecule has 2 rings (SSSR count). The highest BCUT2D eigenvalue weighted by molar-refractivity contribution is 5.44. The van der Waals surface area contributed by atoms with E-state index in [0.717, 1.165) is 18.4 Å². The van der Waals surface area contributed by atoms with Crippen LogP contribution in [0.3, 0.4) is 0 Å². The van der Waals surface area contributed by atoms with Crippen molar-refractivity contribution in [1.29, 1.82) is 0 Å². The first-order valence-corrected chi connectivity index (χ1v) is 8.57. The van der Waals surface area contributed by atoms with E-state index < -0.39 is 0 Å². The van der Waals surface area contributed by atoms with Gasteiger partial charge >= 0.3 is 0 Å². The molecule has 1 N–H and O–H groups in total. The average Bonchev–Trinajstić information content (AvgIpc) is 2.47. The maximum atomic E-state index is 3.51. The van der Waals surface area contributed by atoms with Gasteiger partial charge in [0.2, 0.25) is 0 Å². The maximum Gasteiger partial charge on any atom is 0.0340 e. The fraction of sp³-hybridized carbons (Fsp3) is 0.684. The minimum atomic E-state index is 0.775. The molecule has 0 spiro atoms. The number of aryl methyl sites for hydroxylation is 1. The normalized spacial score (nSPS) is 16.6. The van der Waals surface area contributed by atoms with Gasteiger partial charge in [0.25, 0.3) is 0 Å². The molecule has 1 fully saturated rings. The molecule has 0 bridgehead atoms. The van der Waals surface area contributed by atoms with Crippen LogP contribution in [0, 0.1) is 11.8 Å². The second kappa shape index (κ2) is 8.34. The summed E-state index contributed by atoms with van der Waals surface area (Å²) < 4.78 is 0. The average molecular weight is 273 g/mol. The van der Waals surface area contributed by atoms with Crippen molar-refractivity contribution in [3.05, 3.63) is 29.8 Å². The van der Waals surface area contributed by atoms with Crippen molar-refractivity contribution in [3.63, 3.8) is 0 Å². The van der Waals surface area contributed by atoms with E-state index in [0.29, 0.717) is 0 Å². The standard InChI is InChI=1S/C19H31N/c1-16(2)14-15-20-19-12-10-18(11-13-19)9-8-17-6-4-3-5-7-17/h10-13,16-17,20H,3-9,14-15H2,1-2H3. The van der Waals surface area contributed by atoms with Crippen LogP contribution in [0.5, 0.6) is 0 Å². The van der Waals surface area contributed by atoms with Crippen LogP contribution in [-0.2, 0) is 6.42 Å². The predicted molar refractivity (Wildman–Crippen MR) is 89.3 cm³/mol. The Morgan fingerprint density at radius 1 is 1.05 bits per heavy atom. The van der Waals surface area contributed by atoms with Crippen molar-refractivity contribution < 1.29 is 0 Å². The molecule has 0 unspecified atom stereocenters. The summed E-state index contributed by atoms with van der Waals surface area (Å²) in [4.78, 5) is 0. The highest BCUT2D eigenvalue weighted by atomic mass is 14.9. The lowest BCUT2D eigenvalue weighted by atomic mass is 9.85. The van der Waals surface area contributed by atoms with E-state index in [1.807, 2.05) is 0 Å². The van der Waals surface area contributed by atoms with Crippen molar-refractivity contribution in [2.24, 2.45) is 11.8 Å². The fourth-order valence-corrected chi connectivity index (χ4v) is 3.14. The summed E-state index contributed by atoms with van der Waals surface area (Å²) in [6, 6.07) is 9.11. The number of benzene rings is 1. The summed E-state index contributed by atoms with van der Waals surface area (Å²) in [6.45, 7) is 5.63. The van der Waals surface area contributed by atoms with Gasteiger partial charge in [-0.15, -0.1) is 0 Å². The van der Waals surface area contributed by atoms with Gasteiger partial charge in [0, 0.05) is 12.2 Å². The molecule has 0 radical (unpaired) electrons. The second-order valence-electron chi connectivity index (χ2n) is 6.85. The van der Waals surface area contributed by atoms with E-state index in [-0.39, 0.29) is 0 Å². The maximum absolute atomic E-state index is 3.51. The third kappa shape index (κ3) is 5.56. The Kier molecular flexibility index (Phi) is 6.42. The lowest BCUT2D eigenvalue weighted by molar-refractivity contribution is 0.339. The second-order valence-corrected chi connectivity index (χ2v) is 6.85. The zero-order valence-electron chi connectivity index (χ0n) is 13.3. The van der Waals surface area contributed by atoms with Gasteiger partial charge in [-0.2, -0.15) is 0 Å². The van der Waals surface area contributed by atoms with Crippen LogP contribution in [0.1, 0.15) is 64.4 Å². The molecule has 20 heavy (non-hydrogen) atoms. The lowest BCUT2D eigenvalue weighted by Crippen LogP contribution is -2.07. The van der Waals surface area contributed by atoms with Crippen molar-refractivity contribution >= 4 is 5.69 Å². The Labute approximate surface area is 125 Å². The molecule has 0 atom stereocenters. The van der Waals surface area contributed by atoms with Crippen LogP contribution in [0.15, 0.2) is 24.3 Å². The van der Waals surface area contributed by atoms with Crippen LogP contribution in [0.4, 0.5) is 5.69 Å². The minimum Gasteiger partial charge on any atom is -0.385 e. The summed E-state index contributed by atoms with van der Waals surface area (Å²) in [5.74, 6) is 1.77. The van der Waals surface area contributed by atoms with Crippen LogP contribution in [-0.4, -0.2) is 6.54 Å². The van der Waals surface area contributed by atoms with E-state index in [1.54, 1.807) is 0 Å². The smallest absolute Gasteiger partial charge is 0.0340 e. The quantitative estimate of drug-likeness (QED) is 0.676. The summed E-state index contributed by atoms with van der Waals surface area (Å²) in [6.07, 6.45) is 11.2. The van der Waals surface area contributed by atoms with E-state index >= 15 is 0 Å². The third-order valence-electron chi connectivity index (χ3n) is 4.57. The summed E-state index contributed by atoms with van der Waals surface area (Å²) in [5, 5.41) is 3.51. The third-order valence-corrected chi connectivity index (χ3v) is 4.57. The number of anilines is 1. The molecule has 1 aliphatic carbocycles. The Bertz CT molecular complexity index is 360. The van der Waals surface area contributed by atoms with Crippen molar-refractivity contribution in [2.45, 2.75) is 65.2 Å². The largest absolute Gasteiger partial charge is 0.385 e. The van der Waals surface area contributed by atoms with Crippen LogP contribution in [0.25, 0.3) is 0 Å². The Balaban J connectivity index is 1.70. The fourth-order valence-electron chi connectivity index (χ4n) is 3.14. The molecule has 0 amide bonds. The molecule has 0 aliphatic heterocycles. The molecule has 1 aliphatic rings. The molecule has 1 aromatic carbocycles. The number of rotatable bonds is 7. The zero-order chi connectivity index (χ0) is 14.2. The molecule has 0 heterocycles. The van der Waals surface area contributed by atoms with E-state index in [4.69, 9.17) is 0 Å². The Hall–Kier alpha value is -0.980. The van der Waals surface area contributed by atoms with E-state index in [1.165, 1.54) is 62.6 Å². The highest BCUT2D eigenvalue weighted by Gasteiger charge is 2.12. The molecular weight excluding hydrogens is 242 g/mol. The molecule has 1 aromatic rings. The predicted octanol–water partition coefficient (Wildman–Crippen LogP) is 5.66. The molecule has 1 nitrogen and oxygen atoms in total. The molecule has 0 aromatic heterocycles. The lowest BCUT2D eigenvalue weighted by Gasteiger charge is -2.21. The van der Waals surface area contributed by atoms with Gasteiger partial charge in [-0.1, -0.05) is 58.1 Å². The SMILES string of the molecule is CC(C)CCNc1ccc(CCC2CCCCC2)cc1. The molecule has 1 saturated carbocycles. The molecule has 112 valence electrons. The summed E-state index contributed by atoms with van der Waals surface area (Å²) in [7, 11) is 0. The number of hydrogen-bond acceptors (Lipinski definition) is 1. The van der Waals surface area contributed by atoms with Crippen molar-refractivity contribution in [1.82, 2.24) is 0 Å². The van der Waals surface area contributed by atoms with Crippen LogP contribution >= 0.6 is 0 Å². The van der Waals surface area contributed by atoms with Crippen molar-refractivity contribution in [2.75, 3.05) is 11.9 Å². The molecule has 0 saturated heterocycles. The van der Waals surface area contributed by atoms with E-state index in [2.05, 4.69) is 43.4 Å². The molecular formula is C19H31N. The van der Waals surface area contributed by atoms with Gasteiger partial charge in [0.05, 0.1) is 0 Å². The van der Waals surface area contributed by atoms with Gasteiger partial charge in [0.15, 0.2) is 0 Å².